The van der Waals surface area contributed by atoms with Crippen molar-refractivity contribution in [1.82, 2.24) is 15.5 Å². The molecule has 0 saturated carbocycles. The van der Waals surface area contributed by atoms with Gasteiger partial charge in [-0.05, 0) is 31.1 Å². The highest BCUT2D eigenvalue weighted by atomic mass is 127. The number of hydrogen-bond acceptors (Lipinski definition) is 2. The fourth-order valence-electron chi connectivity index (χ4n) is 2.86. The lowest BCUT2D eigenvalue weighted by Crippen LogP contribution is -2.41. The maximum Gasteiger partial charge on any atom is 0.221 e. The van der Waals surface area contributed by atoms with Gasteiger partial charge in [0.15, 0.2) is 5.96 Å². The lowest BCUT2D eigenvalue weighted by atomic mass is 9.97. The number of nitrogens with zero attached hydrogens (tertiary/aromatic N) is 2. The Morgan fingerprint density at radius 2 is 2.05 bits per heavy atom. The van der Waals surface area contributed by atoms with Crippen molar-refractivity contribution >= 4 is 35.8 Å². The van der Waals surface area contributed by atoms with E-state index in [0.717, 1.165) is 43.9 Å². The first-order valence-electron chi connectivity index (χ1n) is 8.29. The molecule has 6 heteroatoms. The molecular formula is C16H33IN4O. The van der Waals surface area contributed by atoms with Crippen LogP contribution in [0, 0.1) is 11.8 Å². The van der Waals surface area contributed by atoms with Gasteiger partial charge in [-0.1, -0.05) is 20.8 Å². The van der Waals surface area contributed by atoms with Crippen LogP contribution in [0.4, 0.5) is 0 Å². The van der Waals surface area contributed by atoms with E-state index in [2.05, 4.69) is 41.3 Å². The Balaban J connectivity index is 0.00000441. The first-order valence-corrected chi connectivity index (χ1v) is 8.29. The minimum Gasteiger partial charge on any atom is -0.356 e. The second-order valence-electron chi connectivity index (χ2n) is 6.30. The molecule has 5 nitrogen and oxygen atoms in total. The van der Waals surface area contributed by atoms with E-state index in [0.29, 0.717) is 13.0 Å². The average molecular weight is 424 g/mol. The molecular weight excluding hydrogens is 391 g/mol. The number of carbonyl (C=O) groups is 1. The van der Waals surface area contributed by atoms with Crippen molar-refractivity contribution in [2.75, 3.05) is 33.2 Å². The summed E-state index contributed by atoms with van der Waals surface area (Å²) in [5.41, 5.74) is 0. The Labute approximate surface area is 152 Å². The number of guanidine groups is 1. The van der Waals surface area contributed by atoms with Crippen molar-refractivity contribution < 1.29 is 4.79 Å². The number of nitrogens with one attached hydrogen (secondary N) is 2. The van der Waals surface area contributed by atoms with E-state index in [4.69, 9.17) is 0 Å². The Morgan fingerprint density at radius 3 is 2.64 bits per heavy atom. The summed E-state index contributed by atoms with van der Waals surface area (Å²) in [6.45, 7) is 10.2. The SMILES string of the molecule is CCCNC(=O)CCNC(=NC)N1CCC(CC(C)C)C1.I. The van der Waals surface area contributed by atoms with Crippen LogP contribution in [0.25, 0.3) is 0 Å². The van der Waals surface area contributed by atoms with Gasteiger partial charge in [-0.15, -0.1) is 24.0 Å². The molecule has 1 aliphatic heterocycles. The summed E-state index contributed by atoms with van der Waals surface area (Å²) >= 11 is 0. The van der Waals surface area contributed by atoms with Gasteiger partial charge in [-0.2, -0.15) is 0 Å². The van der Waals surface area contributed by atoms with Gasteiger partial charge in [0.05, 0.1) is 0 Å². The van der Waals surface area contributed by atoms with Crippen LogP contribution in [-0.2, 0) is 4.79 Å². The molecule has 0 radical (unpaired) electrons. The maximum atomic E-state index is 11.6. The van der Waals surface area contributed by atoms with Gasteiger partial charge >= 0.3 is 0 Å². The van der Waals surface area contributed by atoms with Crippen molar-refractivity contribution in [2.24, 2.45) is 16.8 Å². The highest BCUT2D eigenvalue weighted by Crippen LogP contribution is 2.23. The van der Waals surface area contributed by atoms with E-state index in [1.54, 1.807) is 0 Å². The highest BCUT2D eigenvalue weighted by molar-refractivity contribution is 14.0. The average Bonchev–Trinajstić information content (AvgIpc) is 2.88. The number of rotatable bonds is 7. The Kier molecular flexibility index (Phi) is 11.7. The van der Waals surface area contributed by atoms with Crippen molar-refractivity contribution in [3.05, 3.63) is 0 Å². The Hall–Kier alpha value is -0.530. The van der Waals surface area contributed by atoms with Crippen molar-refractivity contribution in [3.8, 4) is 0 Å². The molecule has 1 amide bonds. The molecule has 1 rings (SSSR count). The lowest BCUT2D eigenvalue weighted by Gasteiger charge is -2.22. The lowest BCUT2D eigenvalue weighted by molar-refractivity contribution is -0.120. The Bertz CT molecular complexity index is 347. The molecule has 1 aliphatic rings. The number of carbonyl (C=O) groups excluding carboxylic acids is 1. The van der Waals surface area contributed by atoms with Crippen LogP contribution < -0.4 is 10.6 Å². The molecule has 1 saturated heterocycles. The third-order valence-corrected chi connectivity index (χ3v) is 3.81. The largest absolute Gasteiger partial charge is 0.356 e. The van der Waals surface area contributed by atoms with Crippen LogP contribution in [0.15, 0.2) is 4.99 Å². The number of aliphatic imine (C=N–C) groups is 1. The summed E-state index contributed by atoms with van der Waals surface area (Å²) in [4.78, 5) is 18.2. The molecule has 0 bridgehead atoms. The molecule has 1 fully saturated rings. The normalized spacial score (nSPS) is 18.3. The third-order valence-electron chi connectivity index (χ3n) is 3.81. The maximum absolute atomic E-state index is 11.6. The van der Waals surface area contributed by atoms with E-state index >= 15 is 0 Å². The number of amides is 1. The number of hydrogen-bond donors (Lipinski definition) is 2. The van der Waals surface area contributed by atoms with Crippen molar-refractivity contribution in [1.29, 1.82) is 0 Å². The first kappa shape index (κ1) is 21.5. The second kappa shape index (κ2) is 12.0. The van der Waals surface area contributed by atoms with Gasteiger partial charge in [-0.25, -0.2) is 0 Å². The molecule has 1 unspecified atom stereocenters. The minimum absolute atomic E-state index is 0. The van der Waals surface area contributed by atoms with E-state index in [1.807, 2.05) is 7.05 Å². The quantitative estimate of drug-likeness (QED) is 0.375. The highest BCUT2D eigenvalue weighted by Gasteiger charge is 2.25. The van der Waals surface area contributed by atoms with E-state index in [9.17, 15) is 4.79 Å². The van der Waals surface area contributed by atoms with E-state index in [1.165, 1.54) is 12.8 Å². The summed E-state index contributed by atoms with van der Waals surface area (Å²) in [6.07, 6.45) is 4.01. The summed E-state index contributed by atoms with van der Waals surface area (Å²) in [5.74, 6) is 2.58. The molecule has 0 aliphatic carbocycles. The molecule has 0 aromatic carbocycles. The van der Waals surface area contributed by atoms with Crippen LogP contribution in [-0.4, -0.2) is 50.0 Å². The predicted molar refractivity (Wildman–Crippen MR) is 104 cm³/mol. The minimum atomic E-state index is 0. The van der Waals surface area contributed by atoms with Gasteiger partial charge < -0.3 is 15.5 Å². The van der Waals surface area contributed by atoms with Crippen LogP contribution in [0.2, 0.25) is 0 Å². The van der Waals surface area contributed by atoms with Gasteiger partial charge in [0.2, 0.25) is 5.91 Å². The summed E-state index contributed by atoms with van der Waals surface area (Å²) < 4.78 is 0. The van der Waals surface area contributed by atoms with Crippen molar-refractivity contribution in [2.45, 2.75) is 46.5 Å². The molecule has 1 heterocycles. The Morgan fingerprint density at radius 1 is 1.32 bits per heavy atom. The standard InChI is InChI=1S/C16H32N4O.HI/c1-5-8-18-15(21)6-9-19-16(17-4)20-10-7-14(12-20)11-13(2)3;/h13-14H,5-12H2,1-4H3,(H,17,19)(H,18,21);1H. The second-order valence-corrected chi connectivity index (χ2v) is 6.30. The predicted octanol–water partition coefficient (Wildman–Crippen LogP) is 2.46. The number of halogens is 1. The third kappa shape index (κ3) is 8.19. The molecule has 2 N–H and O–H groups in total. The molecule has 1 atom stereocenters. The number of likely N-dealkylation sites (tertiary alicyclic amines) is 1. The van der Waals surface area contributed by atoms with Crippen LogP contribution in [0.3, 0.4) is 0 Å². The summed E-state index contributed by atoms with van der Waals surface area (Å²) in [5, 5.41) is 6.20. The van der Waals surface area contributed by atoms with Gasteiger partial charge in [0.1, 0.15) is 0 Å². The van der Waals surface area contributed by atoms with Gasteiger partial charge in [-0.3, -0.25) is 9.79 Å². The van der Waals surface area contributed by atoms with Crippen LogP contribution in [0.5, 0.6) is 0 Å². The zero-order valence-electron chi connectivity index (χ0n) is 14.5. The summed E-state index contributed by atoms with van der Waals surface area (Å²) in [7, 11) is 1.81. The molecule has 0 aromatic rings. The van der Waals surface area contributed by atoms with E-state index in [-0.39, 0.29) is 29.9 Å². The zero-order valence-corrected chi connectivity index (χ0v) is 16.9. The first-order chi connectivity index (χ1) is 10.1. The van der Waals surface area contributed by atoms with E-state index < -0.39 is 0 Å². The molecule has 0 spiro atoms. The molecule has 0 aromatic heterocycles. The molecule has 22 heavy (non-hydrogen) atoms. The van der Waals surface area contributed by atoms with Gasteiger partial charge in [0, 0.05) is 39.6 Å². The monoisotopic (exact) mass is 424 g/mol. The topological polar surface area (TPSA) is 56.7 Å². The fourth-order valence-corrected chi connectivity index (χ4v) is 2.86. The van der Waals surface area contributed by atoms with Crippen LogP contribution in [0.1, 0.15) is 46.5 Å². The van der Waals surface area contributed by atoms with Gasteiger partial charge in [0.25, 0.3) is 0 Å². The molecule has 130 valence electrons. The summed E-state index contributed by atoms with van der Waals surface area (Å²) in [6, 6.07) is 0. The fraction of sp³-hybridized carbons (Fsp3) is 0.875. The smallest absolute Gasteiger partial charge is 0.221 e. The van der Waals surface area contributed by atoms with Crippen molar-refractivity contribution in [3.63, 3.8) is 0 Å². The zero-order chi connectivity index (χ0) is 15.7. The van der Waals surface area contributed by atoms with Crippen LogP contribution >= 0.6 is 24.0 Å².